The van der Waals surface area contributed by atoms with Crippen molar-refractivity contribution in [3.63, 3.8) is 0 Å². The number of aromatic nitrogens is 2. The van der Waals surface area contributed by atoms with Crippen LogP contribution in [0.25, 0.3) is 0 Å². The van der Waals surface area contributed by atoms with Gasteiger partial charge in [-0.05, 0) is 23.8 Å². The molecular formula is C16H20N4O3. The molecule has 0 fully saturated rings. The van der Waals surface area contributed by atoms with E-state index in [0.717, 1.165) is 11.3 Å². The van der Waals surface area contributed by atoms with E-state index in [2.05, 4.69) is 20.6 Å². The van der Waals surface area contributed by atoms with Gasteiger partial charge in [-0.3, -0.25) is 4.79 Å². The minimum atomic E-state index is -0.754. The zero-order valence-corrected chi connectivity index (χ0v) is 12.9. The standard InChI is InChI=1S/C16H20N4O3/c1-23-13-5-3-12(4-6-13)14(21)11-20-15(22)7-10-19-16-17-8-2-9-18-16/h2-6,8-9,14,21H,7,10-11H2,1H3,(H,20,22)(H,17,18,19)/t14-/m0/s1. The fourth-order valence-electron chi connectivity index (χ4n) is 1.92. The number of ether oxygens (including phenoxy) is 1. The number of aliphatic hydroxyl groups excluding tert-OH is 1. The summed E-state index contributed by atoms with van der Waals surface area (Å²) in [5.74, 6) is 1.05. The second-order valence-corrected chi connectivity index (χ2v) is 4.84. The van der Waals surface area contributed by atoms with Crippen LogP contribution < -0.4 is 15.4 Å². The maximum Gasteiger partial charge on any atom is 0.222 e. The fourth-order valence-corrected chi connectivity index (χ4v) is 1.92. The van der Waals surface area contributed by atoms with Crippen LogP contribution in [0.4, 0.5) is 5.95 Å². The minimum absolute atomic E-state index is 0.152. The molecule has 0 aliphatic carbocycles. The second kappa shape index (κ2) is 8.70. The third kappa shape index (κ3) is 5.55. The molecule has 0 aliphatic heterocycles. The van der Waals surface area contributed by atoms with Crippen molar-refractivity contribution in [2.75, 3.05) is 25.5 Å². The Kier molecular flexibility index (Phi) is 6.31. The maximum atomic E-state index is 11.7. The SMILES string of the molecule is COc1ccc([C@@H](O)CNC(=O)CCNc2ncccn2)cc1. The first-order chi connectivity index (χ1) is 11.2. The first-order valence-electron chi connectivity index (χ1n) is 7.28. The highest BCUT2D eigenvalue weighted by atomic mass is 16.5. The van der Waals surface area contributed by atoms with Crippen molar-refractivity contribution in [3.05, 3.63) is 48.3 Å². The summed E-state index contributed by atoms with van der Waals surface area (Å²) in [6.45, 7) is 0.585. The van der Waals surface area contributed by atoms with E-state index < -0.39 is 6.10 Å². The van der Waals surface area contributed by atoms with Gasteiger partial charge in [-0.1, -0.05) is 12.1 Å². The highest BCUT2D eigenvalue weighted by molar-refractivity contribution is 5.76. The zero-order valence-electron chi connectivity index (χ0n) is 12.9. The number of benzene rings is 1. The van der Waals surface area contributed by atoms with Gasteiger partial charge in [-0.2, -0.15) is 0 Å². The van der Waals surface area contributed by atoms with Crippen molar-refractivity contribution < 1.29 is 14.6 Å². The number of carbonyl (C=O) groups excluding carboxylic acids is 1. The first-order valence-corrected chi connectivity index (χ1v) is 7.28. The largest absolute Gasteiger partial charge is 0.497 e. The lowest BCUT2D eigenvalue weighted by atomic mass is 10.1. The van der Waals surface area contributed by atoms with Gasteiger partial charge >= 0.3 is 0 Å². The van der Waals surface area contributed by atoms with Crippen molar-refractivity contribution in [2.24, 2.45) is 0 Å². The third-order valence-corrected chi connectivity index (χ3v) is 3.19. The lowest BCUT2D eigenvalue weighted by Gasteiger charge is -2.13. The van der Waals surface area contributed by atoms with Crippen LogP contribution in [0.2, 0.25) is 0 Å². The van der Waals surface area contributed by atoms with Gasteiger partial charge in [0.25, 0.3) is 0 Å². The third-order valence-electron chi connectivity index (χ3n) is 3.19. The number of amides is 1. The summed E-state index contributed by atoms with van der Waals surface area (Å²) in [7, 11) is 1.58. The summed E-state index contributed by atoms with van der Waals surface area (Å²) in [5, 5.41) is 15.7. The number of nitrogens with one attached hydrogen (secondary N) is 2. The Balaban J connectivity index is 1.68. The summed E-state index contributed by atoms with van der Waals surface area (Å²) in [6.07, 6.45) is 2.77. The van der Waals surface area contributed by atoms with E-state index in [1.165, 1.54) is 0 Å². The van der Waals surface area contributed by atoms with Gasteiger partial charge in [0.2, 0.25) is 11.9 Å². The Morgan fingerprint density at radius 3 is 2.61 bits per heavy atom. The zero-order chi connectivity index (χ0) is 16.5. The molecule has 0 aliphatic rings. The average molecular weight is 316 g/mol. The summed E-state index contributed by atoms with van der Waals surface area (Å²) >= 11 is 0. The Morgan fingerprint density at radius 2 is 1.96 bits per heavy atom. The van der Waals surface area contributed by atoms with Gasteiger partial charge in [0.05, 0.1) is 13.2 Å². The van der Waals surface area contributed by atoms with Gasteiger partial charge in [-0.25, -0.2) is 9.97 Å². The van der Waals surface area contributed by atoms with E-state index in [9.17, 15) is 9.90 Å². The lowest BCUT2D eigenvalue weighted by Crippen LogP contribution is -2.29. The number of nitrogens with zero attached hydrogens (tertiary/aromatic N) is 2. The van der Waals surface area contributed by atoms with Crippen LogP contribution in [0.3, 0.4) is 0 Å². The van der Waals surface area contributed by atoms with Crippen LogP contribution in [-0.4, -0.2) is 41.2 Å². The van der Waals surface area contributed by atoms with Crippen LogP contribution in [0.1, 0.15) is 18.1 Å². The molecule has 7 heteroatoms. The average Bonchev–Trinajstić information content (AvgIpc) is 2.60. The number of hydrogen-bond acceptors (Lipinski definition) is 6. The van der Waals surface area contributed by atoms with Gasteiger partial charge < -0.3 is 20.5 Å². The van der Waals surface area contributed by atoms with Gasteiger partial charge in [0.1, 0.15) is 5.75 Å². The van der Waals surface area contributed by atoms with E-state index in [-0.39, 0.29) is 18.9 Å². The van der Waals surface area contributed by atoms with Crippen LogP contribution in [0.5, 0.6) is 5.75 Å². The van der Waals surface area contributed by atoms with E-state index in [1.807, 2.05) is 0 Å². The smallest absolute Gasteiger partial charge is 0.222 e. The molecule has 1 amide bonds. The van der Waals surface area contributed by atoms with Gasteiger partial charge in [0.15, 0.2) is 0 Å². The molecule has 0 radical (unpaired) electrons. The number of methoxy groups -OCH3 is 1. The van der Waals surface area contributed by atoms with Crippen LogP contribution in [0.15, 0.2) is 42.7 Å². The maximum absolute atomic E-state index is 11.7. The molecule has 2 aromatic rings. The van der Waals surface area contributed by atoms with Crippen LogP contribution in [-0.2, 0) is 4.79 Å². The molecule has 23 heavy (non-hydrogen) atoms. The predicted octanol–water partition coefficient (Wildman–Crippen LogP) is 1.14. The van der Waals surface area contributed by atoms with Gasteiger partial charge in [0, 0.05) is 31.9 Å². The predicted molar refractivity (Wildman–Crippen MR) is 86.1 cm³/mol. The molecule has 3 N–H and O–H groups in total. The van der Waals surface area contributed by atoms with Crippen LogP contribution in [0, 0.1) is 0 Å². The van der Waals surface area contributed by atoms with E-state index in [1.54, 1.807) is 49.8 Å². The summed E-state index contributed by atoms with van der Waals surface area (Å²) < 4.78 is 5.06. The highest BCUT2D eigenvalue weighted by Gasteiger charge is 2.09. The first kappa shape index (κ1) is 16.7. The molecule has 0 bridgehead atoms. The van der Waals surface area contributed by atoms with Crippen molar-refractivity contribution in [3.8, 4) is 5.75 Å². The number of aliphatic hydroxyl groups is 1. The Bertz CT molecular complexity index is 604. The molecule has 122 valence electrons. The monoisotopic (exact) mass is 316 g/mol. The molecular weight excluding hydrogens is 296 g/mol. The van der Waals surface area contributed by atoms with Crippen molar-refractivity contribution >= 4 is 11.9 Å². The molecule has 1 heterocycles. The van der Waals surface area contributed by atoms with Crippen molar-refractivity contribution in [1.29, 1.82) is 0 Å². The van der Waals surface area contributed by atoms with Gasteiger partial charge in [-0.15, -0.1) is 0 Å². The number of rotatable bonds is 8. The minimum Gasteiger partial charge on any atom is -0.497 e. The second-order valence-electron chi connectivity index (χ2n) is 4.84. The van der Waals surface area contributed by atoms with E-state index >= 15 is 0 Å². The number of hydrogen-bond donors (Lipinski definition) is 3. The molecule has 0 spiro atoms. The molecule has 0 saturated carbocycles. The van der Waals surface area contributed by atoms with Crippen LogP contribution >= 0.6 is 0 Å². The van der Waals surface area contributed by atoms with E-state index in [0.29, 0.717) is 12.5 Å². The molecule has 2 rings (SSSR count). The molecule has 0 unspecified atom stereocenters. The van der Waals surface area contributed by atoms with Crippen molar-refractivity contribution in [1.82, 2.24) is 15.3 Å². The highest BCUT2D eigenvalue weighted by Crippen LogP contribution is 2.16. The topological polar surface area (TPSA) is 96.4 Å². The molecule has 0 saturated heterocycles. The summed E-state index contributed by atoms with van der Waals surface area (Å²) in [5.41, 5.74) is 0.724. The number of anilines is 1. The Labute approximate surface area is 134 Å². The summed E-state index contributed by atoms with van der Waals surface area (Å²) in [6, 6.07) is 8.79. The number of carbonyl (C=O) groups is 1. The van der Waals surface area contributed by atoms with Crippen molar-refractivity contribution in [2.45, 2.75) is 12.5 Å². The van der Waals surface area contributed by atoms with E-state index in [4.69, 9.17) is 4.74 Å². The Morgan fingerprint density at radius 1 is 1.26 bits per heavy atom. The molecule has 1 aromatic carbocycles. The quantitative estimate of drug-likeness (QED) is 0.676. The Hall–Kier alpha value is -2.67. The molecule has 7 nitrogen and oxygen atoms in total. The summed E-state index contributed by atoms with van der Waals surface area (Å²) in [4.78, 5) is 19.7. The molecule has 1 aromatic heterocycles. The fraction of sp³-hybridized carbons (Fsp3) is 0.312. The normalized spacial score (nSPS) is 11.6. The molecule has 1 atom stereocenters. The lowest BCUT2D eigenvalue weighted by molar-refractivity contribution is -0.121.